The first-order valence-corrected chi connectivity index (χ1v) is 8.38. The Morgan fingerprint density at radius 3 is 2.54 bits per heavy atom. The molecule has 26 heavy (non-hydrogen) atoms. The van der Waals surface area contributed by atoms with E-state index < -0.39 is 0 Å². The maximum Gasteiger partial charge on any atom is 0.274 e. The summed E-state index contributed by atoms with van der Waals surface area (Å²) < 4.78 is 15.4. The van der Waals surface area contributed by atoms with Crippen LogP contribution in [0.3, 0.4) is 0 Å². The number of hydrogen-bond donors (Lipinski definition) is 2. The van der Waals surface area contributed by atoms with Crippen molar-refractivity contribution in [2.45, 2.75) is 6.42 Å². The molecule has 0 fully saturated rings. The lowest BCUT2D eigenvalue weighted by atomic mass is 10.2. The Bertz CT molecular complexity index is 738. The van der Waals surface area contributed by atoms with Gasteiger partial charge in [0.05, 0.1) is 36.8 Å². The molecule has 0 bridgehead atoms. The number of nitrogens with one attached hydrogen (secondary N) is 2. The molecule has 0 saturated heterocycles. The van der Waals surface area contributed by atoms with Gasteiger partial charge in [-0.25, -0.2) is 4.98 Å². The summed E-state index contributed by atoms with van der Waals surface area (Å²) in [5.41, 5.74) is 1.56. The van der Waals surface area contributed by atoms with Crippen molar-refractivity contribution < 1.29 is 19.0 Å². The van der Waals surface area contributed by atoms with E-state index in [1.165, 1.54) is 14.2 Å². The topological polar surface area (TPSA) is 81.7 Å². The minimum Gasteiger partial charge on any atom is -0.495 e. The van der Waals surface area contributed by atoms with Crippen LogP contribution in [-0.4, -0.2) is 45.4 Å². The minimum atomic E-state index is -0.362. The van der Waals surface area contributed by atoms with Gasteiger partial charge in [0, 0.05) is 32.4 Å². The molecule has 0 spiro atoms. The summed E-state index contributed by atoms with van der Waals surface area (Å²) >= 11 is 6.07. The van der Waals surface area contributed by atoms with Crippen molar-refractivity contribution in [2.24, 2.45) is 0 Å². The van der Waals surface area contributed by atoms with E-state index in [0.717, 1.165) is 18.7 Å². The van der Waals surface area contributed by atoms with Crippen molar-refractivity contribution in [3.63, 3.8) is 0 Å². The number of pyridine rings is 1. The quantitative estimate of drug-likeness (QED) is 0.649. The summed E-state index contributed by atoms with van der Waals surface area (Å²) in [4.78, 5) is 16.6. The van der Waals surface area contributed by atoms with Crippen molar-refractivity contribution in [3.05, 3.63) is 41.2 Å². The van der Waals surface area contributed by atoms with Gasteiger partial charge in [0.2, 0.25) is 0 Å². The zero-order valence-electron chi connectivity index (χ0n) is 15.0. The van der Waals surface area contributed by atoms with Crippen molar-refractivity contribution in [3.8, 4) is 11.5 Å². The van der Waals surface area contributed by atoms with Crippen LogP contribution in [0, 0.1) is 0 Å². The number of amides is 1. The highest BCUT2D eigenvalue weighted by atomic mass is 35.5. The highest BCUT2D eigenvalue weighted by molar-refractivity contribution is 6.32. The molecule has 0 radical (unpaired) electrons. The van der Waals surface area contributed by atoms with Gasteiger partial charge in [-0.3, -0.25) is 4.79 Å². The van der Waals surface area contributed by atoms with Crippen LogP contribution in [0.5, 0.6) is 11.5 Å². The predicted octanol–water partition coefficient (Wildman–Crippen LogP) is 3.45. The van der Waals surface area contributed by atoms with E-state index in [-0.39, 0.29) is 11.6 Å². The molecule has 1 aromatic carbocycles. The number of nitrogens with zero attached hydrogens (tertiary/aromatic N) is 1. The first kappa shape index (κ1) is 19.8. The SMILES string of the molecule is COCCCNc1ccc(C(=O)Nc2cc(OC)c(Cl)cc2OC)nc1. The molecular formula is C18H22ClN3O4. The zero-order chi connectivity index (χ0) is 18.9. The fraction of sp³-hybridized carbons (Fsp3) is 0.333. The van der Waals surface area contributed by atoms with Gasteiger partial charge >= 0.3 is 0 Å². The molecule has 1 heterocycles. The lowest BCUT2D eigenvalue weighted by Gasteiger charge is -2.13. The minimum absolute atomic E-state index is 0.281. The number of carbonyl (C=O) groups is 1. The molecule has 140 valence electrons. The number of aromatic nitrogens is 1. The summed E-state index contributed by atoms with van der Waals surface area (Å²) in [7, 11) is 4.66. The average Bonchev–Trinajstić information content (AvgIpc) is 2.66. The van der Waals surface area contributed by atoms with Gasteiger partial charge in [-0.05, 0) is 18.6 Å². The Morgan fingerprint density at radius 2 is 1.92 bits per heavy atom. The van der Waals surface area contributed by atoms with Crippen molar-refractivity contribution in [1.82, 2.24) is 4.98 Å². The molecule has 1 amide bonds. The molecule has 0 aliphatic rings. The largest absolute Gasteiger partial charge is 0.495 e. The van der Waals surface area contributed by atoms with Gasteiger partial charge in [-0.2, -0.15) is 0 Å². The number of methoxy groups -OCH3 is 3. The van der Waals surface area contributed by atoms with E-state index in [0.29, 0.717) is 28.8 Å². The first-order valence-electron chi connectivity index (χ1n) is 8.00. The Balaban J connectivity index is 2.05. The molecule has 7 nitrogen and oxygen atoms in total. The maximum absolute atomic E-state index is 12.4. The molecular weight excluding hydrogens is 358 g/mol. The van der Waals surface area contributed by atoms with Crippen LogP contribution in [0.1, 0.15) is 16.9 Å². The van der Waals surface area contributed by atoms with Crippen LogP contribution < -0.4 is 20.1 Å². The van der Waals surface area contributed by atoms with E-state index in [2.05, 4.69) is 15.6 Å². The molecule has 0 unspecified atom stereocenters. The van der Waals surface area contributed by atoms with Crippen LogP contribution in [0.2, 0.25) is 5.02 Å². The smallest absolute Gasteiger partial charge is 0.274 e. The fourth-order valence-corrected chi connectivity index (χ4v) is 2.46. The third-order valence-corrected chi connectivity index (χ3v) is 3.87. The standard InChI is InChI=1S/C18H22ClN3O4/c1-24-8-4-7-20-12-5-6-14(21-11-12)18(23)22-15-10-16(25-2)13(19)9-17(15)26-3/h5-6,9-11,20H,4,7-8H2,1-3H3,(H,22,23). The predicted molar refractivity (Wildman–Crippen MR) is 102 cm³/mol. The van der Waals surface area contributed by atoms with Crippen LogP contribution >= 0.6 is 11.6 Å². The number of hydrogen-bond acceptors (Lipinski definition) is 6. The normalized spacial score (nSPS) is 10.3. The van der Waals surface area contributed by atoms with Gasteiger partial charge < -0.3 is 24.8 Å². The summed E-state index contributed by atoms with van der Waals surface area (Å²) in [6.45, 7) is 1.45. The molecule has 2 rings (SSSR count). The molecule has 1 aromatic heterocycles. The second-order valence-corrected chi connectivity index (χ2v) is 5.75. The van der Waals surface area contributed by atoms with Crippen LogP contribution in [0.25, 0.3) is 0 Å². The van der Waals surface area contributed by atoms with E-state index in [9.17, 15) is 4.79 Å². The van der Waals surface area contributed by atoms with Gasteiger partial charge in [0.15, 0.2) is 0 Å². The van der Waals surface area contributed by atoms with Crippen LogP contribution in [0.15, 0.2) is 30.5 Å². The lowest BCUT2D eigenvalue weighted by molar-refractivity contribution is 0.102. The molecule has 2 aromatic rings. The highest BCUT2D eigenvalue weighted by Gasteiger charge is 2.14. The number of ether oxygens (including phenoxy) is 3. The lowest BCUT2D eigenvalue weighted by Crippen LogP contribution is -2.14. The third kappa shape index (κ3) is 5.24. The molecule has 0 aliphatic heterocycles. The van der Waals surface area contributed by atoms with E-state index in [1.54, 1.807) is 37.6 Å². The van der Waals surface area contributed by atoms with Crippen molar-refractivity contribution in [2.75, 3.05) is 45.1 Å². The van der Waals surface area contributed by atoms with Crippen LogP contribution in [-0.2, 0) is 4.74 Å². The second kappa shape index (κ2) is 9.84. The summed E-state index contributed by atoms with van der Waals surface area (Å²) in [6.07, 6.45) is 2.50. The second-order valence-electron chi connectivity index (χ2n) is 5.35. The number of anilines is 2. The highest BCUT2D eigenvalue weighted by Crippen LogP contribution is 2.36. The number of benzene rings is 1. The van der Waals surface area contributed by atoms with E-state index >= 15 is 0 Å². The number of carbonyl (C=O) groups excluding carboxylic acids is 1. The molecule has 0 saturated carbocycles. The molecule has 2 N–H and O–H groups in total. The third-order valence-electron chi connectivity index (χ3n) is 3.57. The Labute approximate surface area is 157 Å². The van der Waals surface area contributed by atoms with Crippen molar-refractivity contribution >= 4 is 28.9 Å². The van der Waals surface area contributed by atoms with Gasteiger partial charge in [-0.1, -0.05) is 11.6 Å². The zero-order valence-corrected chi connectivity index (χ0v) is 15.7. The van der Waals surface area contributed by atoms with Gasteiger partial charge in [0.25, 0.3) is 5.91 Å². The van der Waals surface area contributed by atoms with Crippen LogP contribution in [0.4, 0.5) is 11.4 Å². The Kier molecular flexibility index (Phi) is 7.50. The molecule has 0 aliphatic carbocycles. The van der Waals surface area contributed by atoms with E-state index in [1.807, 2.05) is 0 Å². The van der Waals surface area contributed by atoms with E-state index in [4.69, 9.17) is 25.8 Å². The summed E-state index contributed by atoms with van der Waals surface area (Å²) in [5.74, 6) is 0.505. The average molecular weight is 380 g/mol. The molecule has 8 heteroatoms. The van der Waals surface area contributed by atoms with Crippen molar-refractivity contribution in [1.29, 1.82) is 0 Å². The fourth-order valence-electron chi connectivity index (χ4n) is 2.23. The first-order chi connectivity index (χ1) is 12.6. The summed E-state index contributed by atoms with van der Waals surface area (Å²) in [6, 6.07) is 6.63. The number of rotatable bonds is 9. The summed E-state index contributed by atoms with van der Waals surface area (Å²) in [5, 5.41) is 6.36. The molecule has 0 atom stereocenters. The maximum atomic E-state index is 12.4. The monoisotopic (exact) mass is 379 g/mol. The Hall–Kier alpha value is -2.51. The number of halogens is 1. The van der Waals surface area contributed by atoms with Gasteiger partial charge in [-0.15, -0.1) is 0 Å². The van der Waals surface area contributed by atoms with Gasteiger partial charge in [0.1, 0.15) is 17.2 Å². The Morgan fingerprint density at radius 1 is 1.15 bits per heavy atom.